The maximum atomic E-state index is 12.4. The number of oxazole rings is 1. The van der Waals surface area contributed by atoms with Crippen LogP contribution in [0.15, 0.2) is 71.1 Å². The number of amides is 1. The van der Waals surface area contributed by atoms with Crippen LogP contribution in [0.1, 0.15) is 11.1 Å². The highest BCUT2D eigenvalue weighted by Crippen LogP contribution is 2.28. The molecule has 4 rings (SSSR count). The maximum absolute atomic E-state index is 12.4. The summed E-state index contributed by atoms with van der Waals surface area (Å²) in [5.74, 6) is 1.15. The monoisotopic (exact) mass is 372 g/mol. The summed E-state index contributed by atoms with van der Waals surface area (Å²) in [6.07, 6.45) is 0.229. The van der Waals surface area contributed by atoms with E-state index in [1.165, 1.54) is 0 Å². The zero-order chi connectivity index (χ0) is 19.5. The first-order chi connectivity index (χ1) is 13.6. The van der Waals surface area contributed by atoms with E-state index >= 15 is 0 Å². The summed E-state index contributed by atoms with van der Waals surface area (Å²) in [5, 5.41) is 2.91. The van der Waals surface area contributed by atoms with Crippen molar-refractivity contribution in [3.05, 3.63) is 77.9 Å². The van der Waals surface area contributed by atoms with E-state index in [-0.39, 0.29) is 12.3 Å². The van der Waals surface area contributed by atoms with E-state index in [0.29, 0.717) is 22.9 Å². The molecule has 5 heteroatoms. The van der Waals surface area contributed by atoms with Crippen LogP contribution in [0.3, 0.4) is 0 Å². The number of anilines is 1. The van der Waals surface area contributed by atoms with Crippen molar-refractivity contribution in [2.75, 3.05) is 12.4 Å². The number of nitrogens with zero attached hydrogens (tertiary/aromatic N) is 1. The van der Waals surface area contributed by atoms with E-state index in [1.54, 1.807) is 13.2 Å². The smallest absolute Gasteiger partial charge is 0.228 e. The molecule has 28 heavy (non-hydrogen) atoms. The third-order valence-corrected chi connectivity index (χ3v) is 4.59. The van der Waals surface area contributed by atoms with Crippen molar-refractivity contribution >= 4 is 22.7 Å². The fourth-order valence-electron chi connectivity index (χ4n) is 3.16. The molecule has 0 saturated heterocycles. The number of carbonyl (C=O) groups is 1. The predicted octanol–water partition coefficient (Wildman–Crippen LogP) is 4.99. The van der Waals surface area contributed by atoms with Gasteiger partial charge in [-0.05, 0) is 36.8 Å². The molecule has 1 aromatic heterocycles. The summed E-state index contributed by atoms with van der Waals surface area (Å²) in [6.45, 7) is 2.02. The van der Waals surface area contributed by atoms with Gasteiger partial charge in [-0.25, -0.2) is 4.98 Å². The zero-order valence-corrected chi connectivity index (χ0v) is 15.7. The topological polar surface area (TPSA) is 64.4 Å². The molecule has 0 atom stereocenters. The van der Waals surface area contributed by atoms with Gasteiger partial charge in [-0.2, -0.15) is 0 Å². The molecule has 0 aliphatic heterocycles. The predicted molar refractivity (Wildman–Crippen MR) is 110 cm³/mol. The van der Waals surface area contributed by atoms with Crippen LogP contribution in [0, 0.1) is 6.92 Å². The highest BCUT2D eigenvalue weighted by Gasteiger charge is 2.12. The number of nitrogens with one attached hydrogen (secondary N) is 1. The lowest BCUT2D eigenvalue weighted by atomic mass is 10.1. The summed E-state index contributed by atoms with van der Waals surface area (Å²) >= 11 is 0. The van der Waals surface area contributed by atoms with Gasteiger partial charge in [0.2, 0.25) is 11.8 Å². The van der Waals surface area contributed by atoms with Crippen molar-refractivity contribution in [1.82, 2.24) is 4.98 Å². The van der Waals surface area contributed by atoms with E-state index in [2.05, 4.69) is 10.3 Å². The normalized spacial score (nSPS) is 10.8. The third kappa shape index (κ3) is 3.60. The van der Waals surface area contributed by atoms with Crippen molar-refractivity contribution in [3.8, 4) is 17.2 Å². The summed E-state index contributed by atoms with van der Waals surface area (Å²) in [5.41, 5.74) is 4.94. The van der Waals surface area contributed by atoms with Crippen LogP contribution in [-0.2, 0) is 11.2 Å². The highest BCUT2D eigenvalue weighted by atomic mass is 16.5. The second-order valence-corrected chi connectivity index (χ2v) is 6.55. The number of para-hydroxylation sites is 1. The van der Waals surface area contributed by atoms with Gasteiger partial charge in [-0.3, -0.25) is 4.79 Å². The molecule has 0 unspecified atom stereocenters. The Balaban J connectivity index is 1.55. The van der Waals surface area contributed by atoms with Gasteiger partial charge in [0, 0.05) is 22.9 Å². The number of aromatic nitrogens is 1. The Morgan fingerprint density at radius 3 is 2.68 bits per heavy atom. The van der Waals surface area contributed by atoms with Crippen molar-refractivity contribution in [2.24, 2.45) is 0 Å². The van der Waals surface area contributed by atoms with Crippen molar-refractivity contribution in [2.45, 2.75) is 13.3 Å². The molecule has 0 saturated carbocycles. The number of hydrogen-bond donors (Lipinski definition) is 1. The number of benzene rings is 3. The number of ether oxygens (including phenoxy) is 1. The fraction of sp³-hybridized carbons (Fsp3) is 0.130. The molecule has 0 aliphatic carbocycles. The molecule has 5 nitrogen and oxygen atoms in total. The number of methoxy groups -OCH3 is 1. The SMILES string of the molecule is COc1ccccc1CC(=O)Nc1ccc2nc(-c3ccccc3C)oc2c1. The molecule has 140 valence electrons. The Labute approximate surface area is 163 Å². The lowest BCUT2D eigenvalue weighted by Crippen LogP contribution is -2.14. The average Bonchev–Trinajstić information content (AvgIpc) is 3.11. The standard InChI is InChI=1S/C23H20N2O3/c1-15-7-3-5-9-18(15)23-25-19-12-11-17(14-21(19)28-23)24-22(26)13-16-8-4-6-10-20(16)27-2/h3-12,14H,13H2,1-2H3,(H,24,26). The maximum Gasteiger partial charge on any atom is 0.228 e. The highest BCUT2D eigenvalue weighted by molar-refractivity contribution is 5.94. The van der Waals surface area contributed by atoms with Gasteiger partial charge in [0.1, 0.15) is 11.3 Å². The number of hydrogen-bond acceptors (Lipinski definition) is 4. The molecule has 0 bridgehead atoms. The molecule has 0 spiro atoms. The molecular formula is C23H20N2O3. The number of fused-ring (bicyclic) bond motifs is 1. The van der Waals surface area contributed by atoms with Crippen LogP contribution in [0.5, 0.6) is 5.75 Å². The van der Waals surface area contributed by atoms with Crippen LogP contribution in [0.25, 0.3) is 22.6 Å². The van der Waals surface area contributed by atoms with Gasteiger partial charge in [0.25, 0.3) is 0 Å². The van der Waals surface area contributed by atoms with E-state index in [0.717, 1.165) is 22.2 Å². The second-order valence-electron chi connectivity index (χ2n) is 6.55. The molecule has 1 heterocycles. The van der Waals surface area contributed by atoms with E-state index in [1.807, 2.05) is 67.6 Å². The van der Waals surface area contributed by atoms with Crippen LogP contribution < -0.4 is 10.1 Å². The van der Waals surface area contributed by atoms with Crippen LogP contribution in [0.2, 0.25) is 0 Å². The Morgan fingerprint density at radius 2 is 1.86 bits per heavy atom. The van der Waals surface area contributed by atoms with Crippen molar-refractivity contribution in [3.63, 3.8) is 0 Å². The molecular weight excluding hydrogens is 352 g/mol. The Hall–Kier alpha value is -3.60. The Morgan fingerprint density at radius 1 is 1.07 bits per heavy atom. The number of aryl methyl sites for hydroxylation is 1. The third-order valence-electron chi connectivity index (χ3n) is 4.59. The van der Waals surface area contributed by atoms with Gasteiger partial charge in [0.05, 0.1) is 13.5 Å². The molecule has 1 N–H and O–H groups in total. The van der Waals surface area contributed by atoms with Gasteiger partial charge >= 0.3 is 0 Å². The summed E-state index contributed by atoms with van der Waals surface area (Å²) < 4.78 is 11.2. The minimum absolute atomic E-state index is 0.123. The molecule has 1 amide bonds. The largest absolute Gasteiger partial charge is 0.496 e. The lowest BCUT2D eigenvalue weighted by molar-refractivity contribution is -0.115. The summed E-state index contributed by atoms with van der Waals surface area (Å²) in [4.78, 5) is 17.0. The second kappa shape index (κ2) is 7.56. The number of rotatable bonds is 5. The minimum Gasteiger partial charge on any atom is -0.496 e. The zero-order valence-electron chi connectivity index (χ0n) is 15.7. The Kier molecular flexibility index (Phi) is 4.81. The van der Waals surface area contributed by atoms with Gasteiger partial charge in [0.15, 0.2) is 5.58 Å². The molecule has 0 aliphatic rings. The lowest BCUT2D eigenvalue weighted by Gasteiger charge is -2.08. The molecule has 3 aromatic carbocycles. The molecule has 0 fully saturated rings. The van der Waals surface area contributed by atoms with Crippen molar-refractivity contribution < 1.29 is 13.9 Å². The fourth-order valence-corrected chi connectivity index (χ4v) is 3.16. The van der Waals surface area contributed by atoms with Gasteiger partial charge < -0.3 is 14.5 Å². The van der Waals surface area contributed by atoms with Crippen LogP contribution >= 0.6 is 0 Å². The van der Waals surface area contributed by atoms with Crippen LogP contribution in [-0.4, -0.2) is 18.0 Å². The average molecular weight is 372 g/mol. The van der Waals surface area contributed by atoms with E-state index in [9.17, 15) is 4.79 Å². The Bertz CT molecular complexity index is 1150. The first kappa shape index (κ1) is 17.8. The van der Waals surface area contributed by atoms with Crippen LogP contribution in [0.4, 0.5) is 5.69 Å². The van der Waals surface area contributed by atoms with Gasteiger partial charge in [-0.1, -0.05) is 36.4 Å². The van der Waals surface area contributed by atoms with Crippen molar-refractivity contribution in [1.29, 1.82) is 0 Å². The summed E-state index contributed by atoms with van der Waals surface area (Å²) in [7, 11) is 1.60. The van der Waals surface area contributed by atoms with E-state index < -0.39 is 0 Å². The minimum atomic E-state index is -0.123. The first-order valence-corrected chi connectivity index (χ1v) is 9.02. The molecule has 4 aromatic rings. The molecule has 0 radical (unpaired) electrons. The number of carbonyl (C=O) groups excluding carboxylic acids is 1. The first-order valence-electron chi connectivity index (χ1n) is 9.02. The van der Waals surface area contributed by atoms with Gasteiger partial charge in [-0.15, -0.1) is 0 Å². The van der Waals surface area contributed by atoms with E-state index in [4.69, 9.17) is 9.15 Å². The summed E-state index contributed by atoms with van der Waals surface area (Å²) in [6, 6.07) is 20.9. The quantitative estimate of drug-likeness (QED) is 0.536.